The van der Waals surface area contributed by atoms with Crippen LogP contribution in [0.15, 0.2) is 72.8 Å². The highest BCUT2D eigenvalue weighted by Gasteiger charge is 2.25. The van der Waals surface area contributed by atoms with Crippen molar-refractivity contribution in [2.45, 2.75) is 25.7 Å². The van der Waals surface area contributed by atoms with E-state index in [1.807, 2.05) is 60.4 Å². The molecule has 1 saturated heterocycles. The van der Waals surface area contributed by atoms with Gasteiger partial charge in [-0.1, -0.05) is 41.9 Å². The van der Waals surface area contributed by atoms with Gasteiger partial charge in [-0.3, -0.25) is 4.79 Å². The summed E-state index contributed by atoms with van der Waals surface area (Å²) in [7, 11) is 0. The third-order valence-electron chi connectivity index (χ3n) is 5.82. The molecule has 5 nitrogen and oxygen atoms in total. The van der Waals surface area contributed by atoms with Crippen molar-refractivity contribution in [2.24, 2.45) is 0 Å². The molecule has 1 unspecified atom stereocenters. The van der Waals surface area contributed by atoms with Crippen LogP contribution in [0.1, 0.15) is 40.2 Å². The van der Waals surface area contributed by atoms with Crippen LogP contribution in [0.25, 0.3) is 0 Å². The monoisotopic (exact) mass is 447 g/mol. The molecule has 164 valence electrons. The fourth-order valence-electron chi connectivity index (χ4n) is 4.01. The minimum atomic E-state index is -0.130. The lowest BCUT2D eigenvalue weighted by Gasteiger charge is -2.33. The number of benzene rings is 3. The number of carbonyl (C=O) groups excluding carboxylic acids is 2. The average molecular weight is 448 g/mol. The summed E-state index contributed by atoms with van der Waals surface area (Å²) >= 11 is 5.92. The fourth-order valence-corrected chi connectivity index (χ4v) is 4.14. The molecule has 3 aromatic rings. The first-order valence-electron chi connectivity index (χ1n) is 10.8. The topological polar surface area (TPSA) is 61.4 Å². The number of amides is 3. The minimum absolute atomic E-state index is 0.120. The van der Waals surface area contributed by atoms with Gasteiger partial charge in [0.2, 0.25) is 0 Å². The maximum Gasteiger partial charge on any atom is 0.321 e. The zero-order valence-electron chi connectivity index (χ0n) is 18.0. The van der Waals surface area contributed by atoms with Crippen LogP contribution in [-0.2, 0) is 0 Å². The molecule has 1 aliphatic heterocycles. The second-order valence-corrected chi connectivity index (χ2v) is 8.55. The summed E-state index contributed by atoms with van der Waals surface area (Å²) in [5, 5.41) is 6.56. The molecular weight excluding hydrogens is 422 g/mol. The van der Waals surface area contributed by atoms with E-state index in [2.05, 4.69) is 10.6 Å². The lowest BCUT2D eigenvalue weighted by Crippen LogP contribution is -2.41. The number of rotatable bonds is 4. The molecule has 0 aliphatic carbocycles. The number of piperidine rings is 1. The summed E-state index contributed by atoms with van der Waals surface area (Å²) < 4.78 is 0. The average Bonchev–Trinajstić information content (AvgIpc) is 2.82. The summed E-state index contributed by atoms with van der Waals surface area (Å²) in [6.45, 7) is 3.30. The Kier molecular flexibility index (Phi) is 6.76. The number of halogens is 1. The van der Waals surface area contributed by atoms with Crippen molar-refractivity contribution in [2.75, 3.05) is 23.7 Å². The summed E-state index contributed by atoms with van der Waals surface area (Å²) in [4.78, 5) is 27.4. The highest BCUT2D eigenvalue weighted by molar-refractivity contribution is 6.30. The molecular formula is C26H26ClN3O2. The number of carbonyl (C=O) groups is 2. The molecule has 3 amide bonds. The maximum atomic E-state index is 12.8. The zero-order valence-corrected chi connectivity index (χ0v) is 18.7. The van der Waals surface area contributed by atoms with Gasteiger partial charge >= 0.3 is 6.03 Å². The predicted molar refractivity (Wildman–Crippen MR) is 130 cm³/mol. The molecule has 1 heterocycles. The van der Waals surface area contributed by atoms with E-state index in [9.17, 15) is 9.59 Å². The molecule has 0 saturated carbocycles. The van der Waals surface area contributed by atoms with Crippen molar-refractivity contribution in [3.05, 3.63) is 94.5 Å². The molecule has 0 bridgehead atoms. The van der Waals surface area contributed by atoms with Crippen LogP contribution in [0.4, 0.5) is 16.2 Å². The number of urea groups is 1. The number of para-hydroxylation sites is 1. The molecule has 4 rings (SSSR count). The van der Waals surface area contributed by atoms with E-state index in [0.29, 0.717) is 23.7 Å². The molecule has 32 heavy (non-hydrogen) atoms. The van der Waals surface area contributed by atoms with Crippen molar-refractivity contribution in [1.82, 2.24) is 4.90 Å². The van der Waals surface area contributed by atoms with Crippen LogP contribution in [0.2, 0.25) is 5.02 Å². The van der Waals surface area contributed by atoms with Crippen molar-refractivity contribution >= 4 is 34.9 Å². The zero-order chi connectivity index (χ0) is 22.5. The van der Waals surface area contributed by atoms with Gasteiger partial charge in [0.25, 0.3) is 5.91 Å². The molecule has 0 aromatic heterocycles. The molecule has 0 radical (unpaired) electrons. The summed E-state index contributed by atoms with van der Waals surface area (Å²) in [6.07, 6.45) is 1.89. The third kappa shape index (κ3) is 5.29. The Morgan fingerprint density at radius 2 is 1.75 bits per heavy atom. The van der Waals surface area contributed by atoms with Crippen LogP contribution in [-0.4, -0.2) is 29.9 Å². The van der Waals surface area contributed by atoms with E-state index in [-0.39, 0.29) is 17.9 Å². The van der Waals surface area contributed by atoms with Gasteiger partial charge in [0.15, 0.2) is 0 Å². The second kappa shape index (κ2) is 9.88. The Balaban J connectivity index is 1.43. The number of anilines is 2. The van der Waals surface area contributed by atoms with Gasteiger partial charge in [-0.05, 0) is 73.4 Å². The Bertz CT molecular complexity index is 1110. The van der Waals surface area contributed by atoms with E-state index in [4.69, 9.17) is 11.6 Å². The lowest BCUT2D eigenvalue weighted by molar-refractivity contribution is 0.102. The lowest BCUT2D eigenvalue weighted by atomic mass is 9.89. The number of nitrogens with one attached hydrogen (secondary N) is 2. The molecule has 6 heteroatoms. The molecule has 3 aromatic carbocycles. The highest BCUT2D eigenvalue weighted by Crippen LogP contribution is 2.28. The van der Waals surface area contributed by atoms with Gasteiger partial charge in [-0.25, -0.2) is 4.79 Å². The highest BCUT2D eigenvalue weighted by atomic mass is 35.5. The van der Waals surface area contributed by atoms with E-state index < -0.39 is 0 Å². The number of hydrogen-bond acceptors (Lipinski definition) is 2. The van der Waals surface area contributed by atoms with Gasteiger partial charge in [-0.2, -0.15) is 0 Å². The van der Waals surface area contributed by atoms with Crippen LogP contribution >= 0.6 is 11.6 Å². The van der Waals surface area contributed by atoms with Crippen LogP contribution < -0.4 is 10.6 Å². The Labute approximate surface area is 193 Å². The number of likely N-dealkylation sites (tertiary alicyclic amines) is 1. The standard InChI is InChI=1S/C26H26ClN3O2/c1-18-6-2-3-10-24(18)29-25(31)20-8-4-7-19(16-20)21-9-5-15-30(17-21)26(32)28-23-13-11-22(27)12-14-23/h2-4,6-8,10-14,16,21H,5,9,15,17H2,1H3,(H,28,32)(H,29,31). The Hall–Kier alpha value is -3.31. The normalized spacial score (nSPS) is 15.8. The van der Waals surface area contributed by atoms with Gasteiger partial charge in [0, 0.05) is 41.0 Å². The summed E-state index contributed by atoms with van der Waals surface area (Å²) in [5.74, 6) is 0.0558. The smallest absolute Gasteiger partial charge is 0.321 e. The van der Waals surface area contributed by atoms with Crippen molar-refractivity contribution in [3.63, 3.8) is 0 Å². The van der Waals surface area contributed by atoms with Crippen molar-refractivity contribution in [3.8, 4) is 0 Å². The van der Waals surface area contributed by atoms with Gasteiger partial charge < -0.3 is 15.5 Å². The second-order valence-electron chi connectivity index (χ2n) is 8.12. The first-order valence-corrected chi connectivity index (χ1v) is 11.2. The maximum absolute atomic E-state index is 12.8. The van der Waals surface area contributed by atoms with Gasteiger partial charge in [0.1, 0.15) is 0 Å². The van der Waals surface area contributed by atoms with E-state index in [0.717, 1.165) is 35.3 Å². The molecule has 1 atom stereocenters. The van der Waals surface area contributed by atoms with Crippen LogP contribution in [0, 0.1) is 6.92 Å². The van der Waals surface area contributed by atoms with Crippen molar-refractivity contribution in [1.29, 1.82) is 0 Å². The first kappa shape index (κ1) is 21.9. The largest absolute Gasteiger partial charge is 0.324 e. The molecule has 2 N–H and O–H groups in total. The predicted octanol–water partition coefficient (Wildman–Crippen LogP) is 6.31. The fraction of sp³-hybridized carbons (Fsp3) is 0.231. The third-order valence-corrected chi connectivity index (χ3v) is 6.07. The SMILES string of the molecule is Cc1ccccc1NC(=O)c1cccc(C2CCCN(C(=O)Nc3ccc(Cl)cc3)C2)c1. The van der Waals surface area contributed by atoms with Gasteiger partial charge in [0.05, 0.1) is 0 Å². The number of aryl methyl sites for hydroxylation is 1. The quantitative estimate of drug-likeness (QED) is 0.492. The van der Waals surface area contributed by atoms with E-state index in [1.54, 1.807) is 24.3 Å². The Morgan fingerprint density at radius 3 is 2.53 bits per heavy atom. The van der Waals surface area contributed by atoms with Crippen LogP contribution in [0.5, 0.6) is 0 Å². The molecule has 1 aliphatic rings. The van der Waals surface area contributed by atoms with Crippen LogP contribution in [0.3, 0.4) is 0 Å². The van der Waals surface area contributed by atoms with E-state index >= 15 is 0 Å². The minimum Gasteiger partial charge on any atom is -0.324 e. The molecule has 0 spiro atoms. The molecule has 1 fully saturated rings. The van der Waals surface area contributed by atoms with Gasteiger partial charge in [-0.15, -0.1) is 0 Å². The summed E-state index contributed by atoms with van der Waals surface area (Å²) in [6, 6.07) is 22.4. The van der Waals surface area contributed by atoms with E-state index in [1.165, 1.54) is 0 Å². The number of hydrogen-bond donors (Lipinski definition) is 2. The Morgan fingerprint density at radius 1 is 0.969 bits per heavy atom. The number of nitrogens with zero attached hydrogens (tertiary/aromatic N) is 1. The van der Waals surface area contributed by atoms with Crippen molar-refractivity contribution < 1.29 is 9.59 Å². The first-order chi connectivity index (χ1) is 15.5. The summed E-state index contributed by atoms with van der Waals surface area (Å²) in [5.41, 5.74) is 4.24.